The van der Waals surface area contributed by atoms with E-state index in [1.54, 1.807) is 12.1 Å². The van der Waals surface area contributed by atoms with Gasteiger partial charge in [0, 0.05) is 6.92 Å². The highest BCUT2D eigenvalue weighted by atomic mass is 16.6. The van der Waals surface area contributed by atoms with Crippen LogP contribution in [-0.2, 0) is 21.4 Å². The van der Waals surface area contributed by atoms with Gasteiger partial charge in [-0.15, -0.1) is 0 Å². The molecule has 150 valence electrons. The Balaban J connectivity index is 1.93. The van der Waals surface area contributed by atoms with Crippen LogP contribution < -0.4 is 4.74 Å². The van der Waals surface area contributed by atoms with Gasteiger partial charge in [-0.1, -0.05) is 45.0 Å². The van der Waals surface area contributed by atoms with E-state index in [4.69, 9.17) is 14.6 Å². The first-order valence-corrected chi connectivity index (χ1v) is 9.38. The molecule has 0 aliphatic rings. The van der Waals surface area contributed by atoms with Crippen LogP contribution in [0, 0.1) is 0 Å². The van der Waals surface area contributed by atoms with Gasteiger partial charge in [0.15, 0.2) is 0 Å². The van der Waals surface area contributed by atoms with Gasteiger partial charge >= 0.3 is 11.9 Å². The minimum atomic E-state index is -0.984. The molecular formula is C23H28O5. The van der Waals surface area contributed by atoms with E-state index in [0.29, 0.717) is 12.2 Å². The fourth-order valence-corrected chi connectivity index (χ4v) is 2.79. The minimum absolute atomic E-state index is 0.114. The zero-order valence-corrected chi connectivity index (χ0v) is 16.9. The van der Waals surface area contributed by atoms with Crippen molar-refractivity contribution in [3.63, 3.8) is 0 Å². The molecule has 0 heterocycles. The van der Waals surface area contributed by atoms with Crippen LogP contribution in [0.3, 0.4) is 0 Å². The molecular weight excluding hydrogens is 356 g/mol. The topological polar surface area (TPSA) is 72.8 Å². The molecule has 5 nitrogen and oxygen atoms in total. The van der Waals surface area contributed by atoms with Crippen molar-refractivity contribution in [2.45, 2.75) is 52.1 Å². The van der Waals surface area contributed by atoms with E-state index in [2.05, 4.69) is 45.0 Å². The number of carboxylic acid groups (broad SMARTS) is 1. The summed E-state index contributed by atoms with van der Waals surface area (Å²) in [5.74, 6) is -0.795. The highest BCUT2D eigenvalue weighted by Gasteiger charge is 2.16. The predicted molar refractivity (Wildman–Crippen MR) is 108 cm³/mol. The molecule has 2 aromatic rings. The first-order valence-electron chi connectivity index (χ1n) is 9.38. The molecule has 0 radical (unpaired) electrons. The second kappa shape index (κ2) is 9.40. The number of benzene rings is 2. The highest BCUT2D eigenvalue weighted by molar-refractivity contribution is 5.87. The van der Waals surface area contributed by atoms with Crippen molar-refractivity contribution in [3.8, 4) is 5.75 Å². The van der Waals surface area contributed by atoms with E-state index < -0.39 is 5.97 Å². The number of carboxylic acids is 1. The maximum absolute atomic E-state index is 11.4. The van der Waals surface area contributed by atoms with Gasteiger partial charge in [-0.05, 0) is 53.6 Å². The fourth-order valence-electron chi connectivity index (χ4n) is 2.79. The van der Waals surface area contributed by atoms with Crippen LogP contribution in [0.15, 0.2) is 48.5 Å². The lowest BCUT2D eigenvalue weighted by Gasteiger charge is -2.20. The Hall–Kier alpha value is -2.82. The van der Waals surface area contributed by atoms with Crippen LogP contribution >= 0.6 is 0 Å². The lowest BCUT2D eigenvalue weighted by atomic mass is 9.86. The number of hydrogen-bond acceptors (Lipinski definition) is 4. The average Bonchev–Trinajstić information content (AvgIpc) is 2.63. The largest absolute Gasteiger partial charge is 0.490 e. The van der Waals surface area contributed by atoms with Gasteiger partial charge in [0.05, 0.1) is 5.56 Å². The summed E-state index contributed by atoms with van der Waals surface area (Å²) in [7, 11) is 0. The Kier molecular flexibility index (Phi) is 7.21. The number of hydrogen-bond donors (Lipinski definition) is 1. The van der Waals surface area contributed by atoms with Gasteiger partial charge in [0.2, 0.25) is 0 Å². The van der Waals surface area contributed by atoms with Crippen LogP contribution in [0.25, 0.3) is 0 Å². The number of aromatic carboxylic acids is 1. The third kappa shape index (κ3) is 6.72. The van der Waals surface area contributed by atoms with Crippen molar-refractivity contribution < 1.29 is 24.2 Å². The van der Waals surface area contributed by atoms with Crippen LogP contribution in [0.1, 0.15) is 55.6 Å². The third-order valence-electron chi connectivity index (χ3n) is 4.44. The molecule has 0 amide bonds. The highest BCUT2D eigenvalue weighted by Crippen LogP contribution is 2.23. The van der Waals surface area contributed by atoms with Crippen LogP contribution in [0.5, 0.6) is 5.75 Å². The standard InChI is InChI=1S/C23H28O5/c1-16(24)28-21(15-27-20-13-8-18(9-14-20)22(25)26)12-7-17-5-10-19(11-6-17)23(2,3)4/h5-6,8-11,13-14,21H,7,12,15H2,1-4H3,(H,25,26). The first kappa shape index (κ1) is 21.5. The van der Waals surface area contributed by atoms with Gasteiger partial charge in [-0.3, -0.25) is 4.79 Å². The Labute approximate surface area is 166 Å². The molecule has 0 aliphatic heterocycles. The number of esters is 1. The van der Waals surface area contributed by atoms with E-state index in [1.165, 1.54) is 30.2 Å². The van der Waals surface area contributed by atoms with E-state index in [0.717, 1.165) is 6.42 Å². The van der Waals surface area contributed by atoms with Gasteiger partial charge in [0.25, 0.3) is 0 Å². The Bertz CT molecular complexity index is 785. The summed E-state index contributed by atoms with van der Waals surface area (Å²) in [5.41, 5.74) is 2.77. The molecule has 0 spiro atoms. The number of rotatable bonds is 8. The van der Waals surface area contributed by atoms with Crippen LogP contribution in [0.4, 0.5) is 0 Å². The Morgan fingerprint density at radius 3 is 2.11 bits per heavy atom. The molecule has 0 fully saturated rings. The second-order valence-corrected chi connectivity index (χ2v) is 7.86. The normalized spacial score (nSPS) is 12.3. The van der Waals surface area contributed by atoms with Crippen molar-refractivity contribution in [2.24, 2.45) is 0 Å². The lowest BCUT2D eigenvalue weighted by molar-refractivity contribution is -0.148. The summed E-state index contributed by atoms with van der Waals surface area (Å²) in [5, 5.41) is 8.93. The summed E-state index contributed by atoms with van der Waals surface area (Å²) in [6.07, 6.45) is 1.03. The quantitative estimate of drug-likeness (QED) is 0.672. The molecule has 1 atom stereocenters. The van der Waals surface area contributed by atoms with E-state index in [-0.39, 0.29) is 29.7 Å². The summed E-state index contributed by atoms with van der Waals surface area (Å²) in [4.78, 5) is 22.3. The molecule has 2 aromatic carbocycles. The minimum Gasteiger partial charge on any atom is -0.490 e. The van der Waals surface area contributed by atoms with Crippen LogP contribution in [-0.4, -0.2) is 29.8 Å². The number of ether oxygens (including phenoxy) is 2. The molecule has 2 rings (SSSR count). The average molecular weight is 384 g/mol. The molecule has 28 heavy (non-hydrogen) atoms. The monoisotopic (exact) mass is 384 g/mol. The predicted octanol–water partition coefficient (Wildman–Crippen LogP) is 4.63. The van der Waals surface area contributed by atoms with E-state index in [9.17, 15) is 9.59 Å². The number of aryl methyl sites for hydroxylation is 1. The fraction of sp³-hybridized carbons (Fsp3) is 0.391. The molecule has 0 saturated carbocycles. The van der Waals surface area contributed by atoms with Gasteiger partial charge < -0.3 is 14.6 Å². The van der Waals surface area contributed by atoms with E-state index in [1.807, 2.05) is 0 Å². The smallest absolute Gasteiger partial charge is 0.335 e. The van der Waals surface area contributed by atoms with Crippen molar-refractivity contribution in [2.75, 3.05) is 6.61 Å². The van der Waals surface area contributed by atoms with Crippen molar-refractivity contribution in [1.29, 1.82) is 0 Å². The molecule has 0 bridgehead atoms. The van der Waals surface area contributed by atoms with Crippen molar-refractivity contribution >= 4 is 11.9 Å². The van der Waals surface area contributed by atoms with Crippen LogP contribution in [0.2, 0.25) is 0 Å². The Morgan fingerprint density at radius 1 is 1.00 bits per heavy atom. The maximum Gasteiger partial charge on any atom is 0.335 e. The van der Waals surface area contributed by atoms with Gasteiger partial charge in [-0.2, -0.15) is 0 Å². The van der Waals surface area contributed by atoms with Crippen molar-refractivity contribution in [3.05, 3.63) is 65.2 Å². The first-order chi connectivity index (χ1) is 13.1. The second-order valence-electron chi connectivity index (χ2n) is 7.86. The molecule has 0 aliphatic carbocycles. The molecule has 1 N–H and O–H groups in total. The molecule has 5 heteroatoms. The lowest BCUT2D eigenvalue weighted by Crippen LogP contribution is -2.24. The Morgan fingerprint density at radius 2 is 1.61 bits per heavy atom. The van der Waals surface area contributed by atoms with Gasteiger partial charge in [-0.25, -0.2) is 4.79 Å². The zero-order valence-electron chi connectivity index (χ0n) is 16.9. The van der Waals surface area contributed by atoms with Crippen molar-refractivity contribution in [1.82, 2.24) is 0 Å². The molecule has 0 saturated heterocycles. The SMILES string of the molecule is CC(=O)OC(CCc1ccc(C(C)(C)C)cc1)COc1ccc(C(=O)O)cc1. The summed E-state index contributed by atoms with van der Waals surface area (Å²) in [6.45, 7) is 8.13. The number of carbonyl (C=O) groups excluding carboxylic acids is 1. The zero-order chi connectivity index (χ0) is 20.7. The third-order valence-corrected chi connectivity index (χ3v) is 4.44. The maximum atomic E-state index is 11.4. The summed E-state index contributed by atoms with van der Waals surface area (Å²) >= 11 is 0. The van der Waals surface area contributed by atoms with E-state index >= 15 is 0 Å². The molecule has 1 unspecified atom stereocenters. The molecule has 0 aromatic heterocycles. The van der Waals surface area contributed by atoms with Gasteiger partial charge in [0.1, 0.15) is 18.5 Å². The number of carbonyl (C=O) groups is 2. The summed E-state index contributed by atoms with van der Waals surface area (Å²) < 4.78 is 11.1. The summed E-state index contributed by atoms with van der Waals surface area (Å²) in [6, 6.07) is 14.6.